The average molecular weight is 386 g/mol. The van der Waals surface area contributed by atoms with Gasteiger partial charge >= 0.3 is 5.97 Å². The van der Waals surface area contributed by atoms with Gasteiger partial charge in [-0.15, -0.1) is 0 Å². The van der Waals surface area contributed by atoms with Gasteiger partial charge in [0, 0.05) is 47.4 Å². The van der Waals surface area contributed by atoms with E-state index in [2.05, 4.69) is 18.7 Å². The average Bonchev–Trinajstić information content (AvgIpc) is 2.72. The Balaban J connectivity index is 2.12. The van der Waals surface area contributed by atoms with Crippen molar-refractivity contribution in [3.05, 3.63) is 71.6 Å². The van der Waals surface area contributed by atoms with Crippen LogP contribution in [0.1, 0.15) is 24.2 Å². The summed E-state index contributed by atoms with van der Waals surface area (Å²) in [5.41, 5.74) is 4.19. The molecule has 5 nitrogen and oxygen atoms in total. The van der Waals surface area contributed by atoms with Crippen molar-refractivity contribution in [1.82, 2.24) is 0 Å². The third-order valence-corrected chi connectivity index (χ3v) is 5.26. The van der Waals surface area contributed by atoms with Crippen molar-refractivity contribution in [2.24, 2.45) is 0 Å². The second-order valence-electron chi connectivity index (χ2n) is 6.89. The maximum absolute atomic E-state index is 11.9. The lowest BCUT2D eigenvalue weighted by atomic mass is 9.90. The monoisotopic (exact) mass is 386 g/mol. The number of carboxylic acids is 1. The first-order valence-corrected chi connectivity index (χ1v) is 9.66. The summed E-state index contributed by atoms with van der Waals surface area (Å²) in [6.07, 6.45) is 0. The van der Waals surface area contributed by atoms with Crippen molar-refractivity contribution >= 4 is 22.6 Å². The van der Waals surface area contributed by atoms with Gasteiger partial charge in [0.05, 0.1) is 10.9 Å². The number of nitrogens with zero attached hydrogens (tertiary/aromatic N) is 1. The number of anilines is 1. The number of fused-ring (bicyclic) bond motifs is 2. The van der Waals surface area contributed by atoms with Crippen LogP contribution in [0.2, 0.25) is 0 Å². The smallest absolute Gasteiger partial charge is 0.336 e. The Kier molecular flexibility index (Phi) is 4.80. The number of hydrogen-bond acceptors (Lipinski definition) is 4. The number of hydrogen-bond donors (Lipinski definition) is 2. The van der Waals surface area contributed by atoms with Crippen LogP contribution in [0.4, 0.5) is 5.69 Å². The van der Waals surface area contributed by atoms with Crippen molar-refractivity contribution in [2.75, 3.05) is 18.0 Å². The fraction of sp³-hybridized carbons (Fsp3) is 0.167. The molecule has 1 heterocycles. The number of benzene rings is 3. The molecule has 4 rings (SSSR count). The summed E-state index contributed by atoms with van der Waals surface area (Å²) < 4.78 is 6.18. The third kappa shape index (κ3) is 3.25. The fourth-order valence-electron chi connectivity index (χ4n) is 3.84. The van der Waals surface area contributed by atoms with Gasteiger partial charge in [0.15, 0.2) is 0 Å². The zero-order valence-corrected chi connectivity index (χ0v) is 16.4. The van der Waals surface area contributed by atoms with E-state index in [9.17, 15) is 9.90 Å². The van der Waals surface area contributed by atoms with Crippen molar-refractivity contribution in [2.45, 2.75) is 13.8 Å². The van der Waals surface area contributed by atoms with Gasteiger partial charge in [0.2, 0.25) is 0 Å². The van der Waals surface area contributed by atoms with Gasteiger partial charge in [-0.25, -0.2) is 4.79 Å². The van der Waals surface area contributed by atoms with Crippen molar-refractivity contribution in [3.8, 4) is 22.5 Å². The predicted molar refractivity (Wildman–Crippen MR) is 115 cm³/mol. The van der Waals surface area contributed by atoms with Crippen LogP contribution in [0.5, 0.6) is 0 Å². The molecule has 29 heavy (non-hydrogen) atoms. The predicted octanol–water partition coefficient (Wildman–Crippen LogP) is 5.23. The van der Waals surface area contributed by atoms with E-state index in [-0.39, 0.29) is 5.56 Å². The molecule has 5 heteroatoms. The lowest BCUT2D eigenvalue weighted by Gasteiger charge is -2.22. The molecule has 0 aromatic heterocycles. The summed E-state index contributed by atoms with van der Waals surface area (Å²) in [6.45, 7) is 5.96. The molecule has 0 atom stereocenters. The van der Waals surface area contributed by atoms with Crippen LogP contribution in [-0.4, -0.2) is 24.2 Å². The lowest BCUT2D eigenvalue weighted by Crippen LogP contribution is -2.21. The molecule has 0 bridgehead atoms. The maximum Gasteiger partial charge on any atom is 0.336 e. The molecule has 0 saturated heterocycles. The first-order valence-electron chi connectivity index (χ1n) is 9.66. The highest BCUT2D eigenvalue weighted by Gasteiger charge is 2.21. The molecule has 2 aromatic carbocycles. The molecule has 0 amide bonds. The quantitative estimate of drug-likeness (QED) is 0.461. The Morgan fingerprint density at radius 1 is 1.00 bits per heavy atom. The molecule has 2 N–H and O–H groups in total. The Labute approximate surface area is 168 Å². The topological polar surface area (TPSA) is 77.5 Å². The zero-order valence-electron chi connectivity index (χ0n) is 16.4. The first kappa shape index (κ1) is 18.7. The van der Waals surface area contributed by atoms with Crippen LogP contribution in [0.3, 0.4) is 0 Å². The minimum absolute atomic E-state index is 0.240. The van der Waals surface area contributed by atoms with Crippen LogP contribution in [-0.2, 0) is 0 Å². The lowest BCUT2D eigenvalue weighted by molar-refractivity contribution is 0.0697. The van der Waals surface area contributed by atoms with Gasteiger partial charge in [0.1, 0.15) is 11.3 Å². The van der Waals surface area contributed by atoms with E-state index in [1.807, 2.05) is 36.4 Å². The summed E-state index contributed by atoms with van der Waals surface area (Å²) in [4.78, 5) is 14.1. The van der Waals surface area contributed by atoms with Crippen molar-refractivity contribution in [1.29, 1.82) is 5.41 Å². The van der Waals surface area contributed by atoms with E-state index in [1.165, 1.54) is 0 Å². The molecule has 1 aliphatic carbocycles. The van der Waals surface area contributed by atoms with Gasteiger partial charge in [0.25, 0.3) is 0 Å². The summed E-state index contributed by atoms with van der Waals surface area (Å²) in [7, 11) is 0. The largest absolute Gasteiger partial charge is 0.478 e. The highest BCUT2D eigenvalue weighted by molar-refractivity contribution is 6.07. The number of rotatable bonds is 5. The summed E-state index contributed by atoms with van der Waals surface area (Å²) in [6, 6.07) is 18.2. The number of nitrogens with one attached hydrogen (secondary N) is 1. The van der Waals surface area contributed by atoms with E-state index in [0.29, 0.717) is 22.3 Å². The second kappa shape index (κ2) is 7.43. The standard InChI is InChI=1S/C24H22N2O3/c1-3-26(4-2)16-10-12-20-22(14-16)29-21-13-15(25)9-11-19(21)23(20)17-7-5-6-8-18(17)24(27)28/h5-14,25H,3-4H2,1-2H3,(H,27,28). The molecule has 0 fully saturated rings. The summed E-state index contributed by atoms with van der Waals surface area (Å²) >= 11 is 0. The number of aromatic carboxylic acids is 1. The fourth-order valence-corrected chi connectivity index (χ4v) is 3.84. The molecule has 2 aliphatic rings. The Bertz CT molecular complexity index is 1240. The number of carbonyl (C=O) groups is 1. The van der Waals surface area contributed by atoms with Crippen LogP contribution in [0, 0.1) is 5.41 Å². The Morgan fingerprint density at radius 2 is 1.76 bits per heavy atom. The highest BCUT2D eigenvalue weighted by atomic mass is 16.4. The van der Waals surface area contributed by atoms with E-state index < -0.39 is 5.97 Å². The first-order chi connectivity index (χ1) is 14.0. The minimum atomic E-state index is -0.973. The van der Waals surface area contributed by atoms with Crippen LogP contribution >= 0.6 is 0 Å². The third-order valence-electron chi connectivity index (χ3n) is 5.26. The molecular formula is C24H22N2O3. The number of carboxylic acid groups (broad SMARTS) is 1. The molecule has 2 aromatic rings. The molecule has 146 valence electrons. The molecular weight excluding hydrogens is 364 g/mol. The molecule has 0 radical (unpaired) electrons. The molecule has 1 aliphatic heterocycles. The maximum atomic E-state index is 11.9. The summed E-state index contributed by atoms with van der Waals surface area (Å²) in [5.74, 6) is -0.406. The van der Waals surface area contributed by atoms with Crippen molar-refractivity contribution in [3.63, 3.8) is 0 Å². The van der Waals surface area contributed by atoms with Crippen LogP contribution in [0.15, 0.2) is 65.1 Å². The second-order valence-corrected chi connectivity index (χ2v) is 6.89. The van der Waals surface area contributed by atoms with Crippen LogP contribution in [0.25, 0.3) is 33.4 Å². The van der Waals surface area contributed by atoms with Crippen molar-refractivity contribution < 1.29 is 14.3 Å². The minimum Gasteiger partial charge on any atom is -0.478 e. The van der Waals surface area contributed by atoms with Gasteiger partial charge in [-0.2, -0.15) is 0 Å². The van der Waals surface area contributed by atoms with E-state index >= 15 is 0 Å². The normalized spacial score (nSPS) is 11.1. The van der Waals surface area contributed by atoms with E-state index in [0.717, 1.165) is 35.3 Å². The van der Waals surface area contributed by atoms with Gasteiger partial charge < -0.3 is 19.8 Å². The summed E-state index contributed by atoms with van der Waals surface area (Å²) in [5, 5.41) is 18.9. The Hall–Kier alpha value is -3.60. The van der Waals surface area contributed by atoms with Crippen LogP contribution < -0.4 is 10.3 Å². The van der Waals surface area contributed by atoms with Gasteiger partial charge in [-0.1, -0.05) is 18.2 Å². The Morgan fingerprint density at radius 3 is 2.48 bits per heavy atom. The van der Waals surface area contributed by atoms with E-state index in [1.54, 1.807) is 24.3 Å². The molecule has 0 saturated carbocycles. The SMILES string of the molecule is CCN(CC)c1ccc2c(-c3ccccc3C(=O)O)c3ccc(=N)cc-3oc2c1. The highest BCUT2D eigenvalue weighted by Crippen LogP contribution is 2.41. The van der Waals surface area contributed by atoms with Gasteiger partial charge in [-0.05, 0) is 49.7 Å². The molecule has 0 unspecified atom stereocenters. The zero-order chi connectivity index (χ0) is 20.5. The molecule has 0 spiro atoms. The van der Waals surface area contributed by atoms with E-state index in [4.69, 9.17) is 9.83 Å². The van der Waals surface area contributed by atoms with Gasteiger partial charge in [-0.3, -0.25) is 0 Å².